The molecule has 4 aliphatic rings. The van der Waals surface area contributed by atoms with Gasteiger partial charge in [0.25, 0.3) is 0 Å². The van der Waals surface area contributed by atoms with Gasteiger partial charge in [0.1, 0.15) is 0 Å². The largest absolute Gasteiger partial charge is 0.294 e. The average Bonchev–Trinajstić information content (AvgIpc) is 3.24. The van der Waals surface area contributed by atoms with E-state index >= 15 is 0 Å². The van der Waals surface area contributed by atoms with Crippen LogP contribution in [-0.4, -0.2) is 15.6 Å². The summed E-state index contributed by atoms with van der Waals surface area (Å²) >= 11 is 0. The molecule has 0 saturated heterocycles. The molecule has 0 spiro atoms. The van der Waals surface area contributed by atoms with Gasteiger partial charge >= 0.3 is 0 Å². The molecule has 0 unspecified atom stereocenters. The summed E-state index contributed by atoms with van der Waals surface area (Å²) in [6.45, 7) is 7.87. The maximum Gasteiger partial charge on any atom is 0.165 e. The molecule has 6 atom stereocenters. The molecule has 0 N–H and O–H groups in total. The number of aromatic nitrogens is 2. The number of carbonyl (C=O) groups is 1. The molecule has 1 heterocycles. The molecule has 3 nitrogen and oxygen atoms in total. The highest BCUT2D eigenvalue weighted by molar-refractivity contribution is 6.05. The monoisotopic (exact) mass is 380 g/mol. The molecule has 0 radical (unpaired) electrons. The lowest BCUT2D eigenvalue weighted by atomic mass is 9.45. The second-order valence-corrected chi connectivity index (χ2v) is 10.6. The number of carbonyl (C=O) groups excluding carboxylic acids is 1. The third kappa shape index (κ3) is 2.53. The summed E-state index contributed by atoms with van der Waals surface area (Å²) in [5, 5.41) is 4.39. The SMILES string of the molecule is CCn1nccc1/C=C1/C[C@@H]2[C@H]3CC[C@H]4CCCC[C@]4(C)[C@@H]3CC[C@]2(C)C1=O. The van der Waals surface area contributed by atoms with Gasteiger partial charge < -0.3 is 0 Å². The van der Waals surface area contributed by atoms with Gasteiger partial charge in [-0.2, -0.15) is 5.10 Å². The lowest BCUT2D eigenvalue weighted by Gasteiger charge is -2.59. The van der Waals surface area contributed by atoms with Crippen molar-refractivity contribution in [3.8, 4) is 0 Å². The average molecular weight is 381 g/mol. The van der Waals surface area contributed by atoms with Crippen molar-refractivity contribution in [3.05, 3.63) is 23.5 Å². The van der Waals surface area contributed by atoms with Crippen LogP contribution in [0.2, 0.25) is 0 Å². The Morgan fingerprint density at radius 3 is 2.82 bits per heavy atom. The van der Waals surface area contributed by atoms with Crippen molar-refractivity contribution in [2.75, 3.05) is 0 Å². The van der Waals surface area contributed by atoms with Crippen LogP contribution in [-0.2, 0) is 11.3 Å². The molecular weight excluding hydrogens is 344 g/mol. The minimum absolute atomic E-state index is 0.123. The minimum Gasteiger partial charge on any atom is -0.294 e. The molecule has 28 heavy (non-hydrogen) atoms. The van der Waals surface area contributed by atoms with E-state index in [1.54, 1.807) is 0 Å². The van der Waals surface area contributed by atoms with Gasteiger partial charge in [-0.05, 0) is 98.7 Å². The van der Waals surface area contributed by atoms with E-state index in [0.29, 0.717) is 17.1 Å². The van der Waals surface area contributed by atoms with Gasteiger partial charge in [-0.3, -0.25) is 9.48 Å². The highest BCUT2D eigenvalue weighted by Gasteiger charge is 2.60. The van der Waals surface area contributed by atoms with Crippen molar-refractivity contribution in [1.29, 1.82) is 0 Å². The summed E-state index contributed by atoms with van der Waals surface area (Å²) in [7, 11) is 0. The normalized spacial score (nSPS) is 44.2. The van der Waals surface area contributed by atoms with Gasteiger partial charge in [-0.15, -0.1) is 0 Å². The number of nitrogens with zero attached hydrogens (tertiary/aromatic N) is 2. The van der Waals surface area contributed by atoms with Crippen molar-refractivity contribution >= 4 is 11.9 Å². The van der Waals surface area contributed by atoms with Gasteiger partial charge in [0.05, 0.1) is 5.69 Å². The van der Waals surface area contributed by atoms with E-state index in [-0.39, 0.29) is 5.41 Å². The van der Waals surface area contributed by atoms with Crippen LogP contribution in [0, 0.1) is 34.5 Å². The second kappa shape index (κ2) is 6.57. The third-order valence-corrected chi connectivity index (χ3v) is 9.59. The van der Waals surface area contributed by atoms with Crippen LogP contribution in [0.4, 0.5) is 0 Å². The fraction of sp³-hybridized carbons (Fsp3) is 0.760. The molecule has 0 aromatic carbocycles. The quantitative estimate of drug-likeness (QED) is 0.599. The summed E-state index contributed by atoms with van der Waals surface area (Å²) in [4.78, 5) is 13.5. The maximum absolute atomic E-state index is 13.5. The molecule has 4 saturated carbocycles. The van der Waals surface area contributed by atoms with Crippen LogP contribution >= 0.6 is 0 Å². The number of ketones is 1. The molecule has 0 bridgehead atoms. The first kappa shape index (κ1) is 18.6. The van der Waals surface area contributed by atoms with Crippen LogP contribution in [0.1, 0.15) is 84.3 Å². The Morgan fingerprint density at radius 2 is 2.00 bits per heavy atom. The van der Waals surface area contributed by atoms with Crippen LogP contribution in [0.5, 0.6) is 0 Å². The zero-order valence-corrected chi connectivity index (χ0v) is 17.9. The molecule has 4 aliphatic carbocycles. The first-order valence-corrected chi connectivity index (χ1v) is 11.7. The third-order valence-electron chi connectivity index (χ3n) is 9.59. The summed E-state index contributed by atoms with van der Waals surface area (Å²) < 4.78 is 2.00. The Kier molecular flexibility index (Phi) is 4.37. The number of allylic oxidation sites excluding steroid dienone is 1. The number of rotatable bonds is 2. The van der Waals surface area contributed by atoms with Crippen molar-refractivity contribution in [2.45, 2.75) is 85.1 Å². The van der Waals surface area contributed by atoms with Gasteiger partial charge in [0.2, 0.25) is 0 Å². The summed E-state index contributed by atoms with van der Waals surface area (Å²) in [6.07, 6.45) is 15.9. The van der Waals surface area contributed by atoms with Crippen molar-refractivity contribution in [3.63, 3.8) is 0 Å². The van der Waals surface area contributed by atoms with E-state index < -0.39 is 0 Å². The summed E-state index contributed by atoms with van der Waals surface area (Å²) in [5.74, 6) is 3.54. The van der Waals surface area contributed by atoms with Gasteiger partial charge in [0.15, 0.2) is 5.78 Å². The predicted molar refractivity (Wildman–Crippen MR) is 113 cm³/mol. The molecule has 152 valence electrons. The van der Waals surface area contributed by atoms with Crippen molar-refractivity contribution < 1.29 is 4.79 Å². The zero-order chi connectivity index (χ0) is 19.5. The second-order valence-electron chi connectivity index (χ2n) is 10.6. The van der Waals surface area contributed by atoms with E-state index in [2.05, 4.69) is 31.9 Å². The molecule has 0 aliphatic heterocycles. The molecule has 4 fully saturated rings. The smallest absolute Gasteiger partial charge is 0.165 e. The van der Waals surface area contributed by atoms with Crippen molar-refractivity contribution in [1.82, 2.24) is 9.78 Å². The van der Waals surface area contributed by atoms with Crippen molar-refractivity contribution in [2.24, 2.45) is 34.5 Å². The van der Waals surface area contributed by atoms with Crippen LogP contribution in [0.25, 0.3) is 6.08 Å². The predicted octanol–water partition coefficient (Wildman–Crippen LogP) is 5.90. The van der Waals surface area contributed by atoms with Crippen LogP contribution in [0.3, 0.4) is 0 Å². The van der Waals surface area contributed by atoms with E-state index in [9.17, 15) is 4.79 Å². The number of aryl methyl sites for hydroxylation is 1. The molecule has 1 aromatic heterocycles. The fourth-order valence-electron chi connectivity index (χ4n) is 8.00. The van der Waals surface area contributed by atoms with Crippen LogP contribution in [0.15, 0.2) is 17.8 Å². The maximum atomic E-state index is 13.5. The van der Waals surface area contributed by atoms with E-state index in [4.69, 9.17) is 0 Å². The number of fused-ring (bicyclic) bond motifs is 5. The van der Waals surface area contributed by atoms with Crippen LogP contribution < -0.4 is 0 Å². The molecule has 3 heteroatoms. The van der Waals surface area contributed by atoms with E-state index in [1.165, 1.54) is 44.9 Å². The lowest BCUT2D eigenvalue weighted by molar-refractivity contribution is -0.137. The zero-order valence-electron chi connectivity index (χ0n) is 17.9. The Balaban J connectivity index is 1.47. The lowest BCUT2D eigenvalue weighted by Crippen LogP contribution is -2.52. The Labute approximate surface area is 170 Å². The minimum atomic E-state index is -0.123. The standard InChI is InChI=1S/C25H36N2O/c1-4-27-19(11-14-26-27)15-17-16-22-20-9-8-18-7-5-6-12-24(18,2)21(20)10-13-25(22,3)23(17)28/h11,14-15,18,20-22H,4-10,12-13,16H2,1-3H3/b17-15-/t18-,20+,21-,22-,24+,25+/m1/s1. The highest BCUT2D eigenvalue weighted by Crippen LogP contribution is 2.66. The first-order valence-electron chi connectivity index (χ1n) is 11.7. The number of hydrogen-bond acceptors (Lipinski definition) is 2. The Bertz CT molecular complexity index is 807. The highest BCUT2D eigenvalue weighted by atomic mass is 16.1. The Hall–Kier alpha value is -1.38. The van der Waals surface area contributed by atoms with Gasteiger partial charge in [-0.1, -0.05) is 26.7 Å². The molecular formula is C25H36N2O. The fourth-order valence-corrected chi connectivity index (χ4v) is 8.00. The molecule has 0 amide bonds. The number of hydrogen-bond donors (Lipinski definition) is 0. The first-order chi connectivity index (χ1) is 13.5. The topological polar surface area (TPSA) is 34.9 Å². The van der Waals surface area contributed by atoms with E-state index in [1.807, 2.05) is 16.9 Å². The molecule has 5 rings (SSSR count). The summed E-state index contributed by atoms with van der Waals surface area (Å²) in [5.41, 5.74) is 2.58. The van der Waals surface area contributed by atoms with E-state index in [0.717, 1.165) is 48.4 Å². The Morgan fingerprint density at radius 1 is 1.14 bits per heavy atom. The van der Waals surface area contributed by atoms with Gasteiger partial charge in [0, 0.05) is 18.2 Å². The van der Waals surface area contributed by atoms with Gasteiger partial charge in [-0.25, -0.2) is 0 Å². The summed E-state index contributed by atoms with van der Waals surface area (Å²) in [6, 6.07) is 2.05. The molecule has 1 aromatic rings. The number of Topliss-reactive ketones (excluding diaryl/α,β-unsaturated/α-hetero) is 1.